The van der Waals surface area contributed by atoms with Crippen molar-refractivity contribution in [3.8, 4) is 0 Å². The molecule has 88 valence electrons. The van der Waals surface area contributed by atoms with Gasteiger partial charge in [-0.05, 0) is 23.3 Å². The third-order valence-corrected chi connectivity index (χ3v) is 2.95. The van der Waals surface area contributed by atoms with Gasteiger partial charge >= 0.3 is 6.03 Å². The minimum Gasteiger partial charge on any atom is -0.350 e. The lowest BCUT2D eigenvalue weighted by Gasteiger charge is -2.23. The number of fused-ring (bicyclic) bond motifs is 1. The number of amides is 2. The van der Waals surface area contributed by atoms with Crippen molar-refractivity contribution in [3.05, 3.63) is 48.0 Å². The first kappa shape index (κ1) is 11.4. The molecule has 0 aromatic heterocycles. The van der Waals surface area contributed by atoms with Crippen LogP contribution in [0.4, 0.5) is 4.79 Å². The van der Waals surface area contributed by atoms with Crippen LogP contribution in [0.5, 0.6) is 0 Å². The Morgan fingerprint density at radius 1 is 1.18 bits per heavy atom. The van der Waals surface area contributed by atoms with Gasteiger partial charge in [-0.15, -0.1) is 0 Å². The molecule has 1 unspecified atom stereocenters. The summed E-state index contributed by atoms with van der Waals surface area (Å²) in [6.45, 7) is 1.85. The average molecular weight is 229 g/mol. The number of urea groups is 1. The fourth-order valence-corrected chi connectivity index (χ4v) is 1.96. The van der Waals surface area contributed by atoms with Gasteiger partial charge in [-0.2, -0.15) is 0 Å². The fraction of sp³-hybridized carbons (Fsp3) is 0.154. The van der Waals surface area contributed by atoms with E-state index in [1.807, 2.05) is 49.4 Å². The van der Waals surface area contributed by atoms with E-state index in [4.69, 9.17) is 11.6 Å². The summed E-state index contributed by atoms with van der Waals surface area (Å²) >= 11 is 0. The summed E-state index contributed by atoms with van der Waals surface area (Å²) in [6.07, 6.45) is 0. The van der Waals surface area contributed by atoms with Crippen LogP contribution >= 0.6 is 0 Å². The molecule has 0 heterocycles. The second-order valence-corrected chi connectivity index (χ2v) is 3.99. The molecule has 0 saturated carbocycles. The van der Waals surface area contributed by atoms with Crippen molar-refractivity contribution in [2.45, 2.75) is 13.0 Å². The predicted molar refractivity (Wildman–Crippen MR) is 68.0 cm³/mol. The molecular weight excluding hydrogens is 214 g/mol. The highest BCUT2D eigenvalue weighted by molar-refractivity contribution is 5.86. The van der Waals surface area contributed by atoms with Crippen molar-refractivity contribution in [2.75, 3.05) is 0 Å². The summed E-state index contributed by atoms with van der Waals surface area (Å²) in [4.78, 5) is 11.1. The van der Waals surface area contributed by atoms with Crippen LogP contribution in [0, 0.1) is 0 Å². The SMILES string of the molecule is CC(c1cccc2ccccc12)N(N)C(N)=O. The van der Waals surface area contributed by atoms with Crippen molar-refractivity contribution in [1.29, 1.82) is 0 Å². The zero-order chi connectivity index (χ0) is 12.4. The molecule has 2 amide bonds. The number of carbonyl (C=O) groups excluding carboxylic acids is 1. The average Bonchev–Trinajstić information content (AvgIpc) is 2.36. The highest BCUT2D eigenvalue weighted by Gasteiger charge is 2.17. The first-order valence-corrected chi connectivity index (χ1v) is 5.42. The molecule has 0 fully saturated rings. The van der Waals surface area contributed by atoms with Gasteiger partial charge in [-0.25, -0.2) is 10.6 Å². The zero-order valence-corrected chi connectivity index (χ0v) is 9.63. The Bertz CT molecular complexity index is 548. The van der Waals surface area contributed by atoms with Crippen LogP contribution in [0.25, 0.3) is 10.8 Å². The van der Waals surface area contributed by atoms with Gasteiger partial charge in [0.15, 0.2) is 0 Å². The zero-order valence-electron chi connectivity index (χ0n) is 9.63. The first-order valence-electron chi connectivity index (χ1n) is 5.42. The molecule has 0 aliphatic rings. The van der Waals surface area contributed by atoms with E-state index in [-0.39, 0.29) is 6.04 Å². The van der Waals surface area contributed by atoms with Gasteiger partial charge in [-0.3, -0.25) is 5.01 Å². The predicted octanol–water partition coefficient (Wildman–Crippen LogP) is 2.16. The molecule has 0 saturated heterocycles. The summed E-state index contributed by atoms with van der Waals surface area (Å²) in [5, 5.41) is 3.25. The highest BCUT2D eigenvalue weighted by atomic mass is 16.2. The smallest absolute Gasteiger partial charge is 0.329 e. The number of primary amides is 1. The summed E-state index contributed by atoms with van der Waals surface area (Å²) in [5.74, 6) is 5.64. The quantitative estimate of drug-likeness (QED) is 0.470. The highest BCUT2D eigenvalue weighted by Crippen LogP contribution is 2.26. The van der Waals surface area contributed by atoms with Gasteiger partial charge < -0.3 is 5.73 Å². The molecule has 0 bridgehead atoms. The van der Waals surface area contributed by atoms with Crippen molar-refractivity contribution in [2.24, 2.45) is 11.6 Å². The number of nitrogens with zero attached hydrogens (tertiary/aromatic N) is 1. The molecule has 0 radical (unpaired) electrons. The minimum absolute atomic E-state index is 0.251. The maximum absolute atomic E-state index is 11.1. The van der Waals surface area contributed by atoms with Crippen LogP contribution in [0.15, 0.2) is 42.5 Å². The molecule has 2 aromatic carbocycles. The number of hydrogen-bond donors (Lipinski definition) is 2. The van der Waals surface area contributed by atoms with E-state index in [1.165, 1.54) is 0 Å². The first-order chi connectivity index (χ1) is 8.11. The van der Waals surface area contributed by atoms with Crippen LogP contribution in [0.3, 0.4) is 0 Å². The van der Waals surface area contributed by atoms with E-state index >= 15 is 0 Å². The maximum atomic E-state index is 11.1. The van der Waals surface area contributed by atoms with Crippen LogP contribution in [0.2, 0.25) is 0 Å². The lowest BCUT2D eigenvalue weighted by atomic mass is 9.99. The Hall–Kier alpha value is -2.07. The molecule has 4 N–H and O–H groups in total. The molecule has 4 heteroatoms. The lowest BCUT2D eigenvalue weighted by molar-refractivity contribution is 0.191. The fourth-order valence-electron chi connectivity index (χ4n) is 1.96. The van der Waals surface area contributed by atoms with E-state index in [2.05, 4.69) is 0 Å². The van der Waals surface area contributed by atoms with Crippen LogP contribution in [0.1, 0.15) is 18.5 Å². The lowest BCUT2D eigenvalue weighted by Crippen LogP contribution is -2.43. The second-order valence-electron chi connectivity index (χ2n) is 3.99. The van der Waals surface area contributed by atoms with Gasteiger partial charge in [0.1, 0.15) is 0 Å². The molecule has 1 atom stereocenters. The third kappa shape index (κ3) is 2.07. The van der Waals surface area contributed by atoms with E-state index in [1.54, 1.807) is 0 Å². The van der Waals surface area contributed by atoms with Gasteiger partial charge in [0.2, 0.25) is 0 Å². The summed E-state index contributed by atoms with van der Waals surface area (Å²) < 4.78 is 0. The number of carbonyl (C=O) groups is 1. The normalized spacial score (nSPS) is 12.4. The van der Waals surface area contributed by atoms with E-state index in [9.17, 15) is 4.79 Å². The number of hydrazine groups is 1. The maximum Gasteiger partial charge on any atom is 0.329 e. The van der Waals surface area contributed by atoms with E-state index < -0.39 is 6.03 Å². The molecule has 4 nitrogen and oxygen atoms in total. The molecule has 2 rings (SSSR count). The Morgan fingerprint density at radius 3 is 2.53 bits per heavy atom. The Labute approximate surface area is 99.8 Å². The molecular formula is C13H15N3O. The van der Waals surface area contributed by atoms with Gasteiger partial charge in [0, 0.05) is 0 Å². The van der Waals surface area contributed by atoms with Crippen molar-refractivity contribution in [1.82, 2.24) is 5.01 Å². The van der Waals surface area contributed by atoms with Gasteiger partial charge in [-0.1, -0.05) is 42.5 Å². The summed E-state index contributed by atoms with van der Waals surface area (Å²) in [5.41, 5.74) is 6.17. The molecule has 2 aromatic rings. The van der Waals surface area contributed by atoms with Gasteiger partial charge in [0.05, 0.1) is 6.04 Å². The number of nitrogens with two attached hydrogens (primary N) is 2. The second kappa shape index (κ2) is 4.43. The Kier molecular flexibility index (Phi) is 2.97. The van der Waals surface area contributed by atoms with E-state index in [0.29, 0.717) is 0 Å². The van der Waals surface area contributed by atoms with Crippen molar-refractivity contribution < 1.29 is 4.79 Å². The van der Waals surface area contributed by atoms with Crippen molar-refractivity contribution >= 4 is 16.8 Å². The number of rotatable bonds is 2. The Balaban J connectivity index is 2.52. The number of benzene rings is 2. The molecule has 0 spiro atoms. The Morgan fingerprint density at radius 2 is 1.82 bits per heavy atom. The van der Waals surface area contributed by atoms with Crippen LogP contribution in [-0.2, 0) is 0 Å². The molecule has 0 aliphatic carbocycles. The molecule has 0 aliphatic heterocycles. The minimum atomic E-state index is -0.634. The topological polar surface area (TPSA) is 72.3 Å². The van der Waals surface area contributed by atoms with Crippen LogP contribution in [-0.4, -0.2) is 11.0 Å². The number of hydrogen-bond acceptors (Lipinski definition) is 2. The van der Waals surface area contributed by atoms with Gasteiger partial charge in [0.25, 0.3) is 0 Å². The van der Waals surface area contributed by atoms with Crippen molar-refractivity contribution in [3.63, 3.8) is 0 Å². The van der Waals surface area contributed by atoms with Crippen LogP contribution < -0.4 is 11.6 Å². The van der Waals surface area contributed by atoms with E-state index in [0.717, 1.165) is 21.3 Å². The summed E-state index contributed by atoms with van der Waals surface area (Å²) in [6, 6.07) is 13.0. The third-order valence-electron chi connectivity index (χ3n) is 2.95. The monoisotopic (exact) mass is 229 g/mol. The summed E-state index contributed by atoms with van der Waals surface area (Å²) in [7, 11) is 0. The standard InChI is InChI=1S/C13H15N3O/c1-9(16(15)13(14)17)11-8-4-6-10-5-2-3-7-12(10)11/h2-9H,15H2,1H3,(H2,14,17). The largest absolute Gasteiger partial charge is 0.350 e. The molecule has 17 heavy (non-hydrogen) atoms.